The third-order valence-corrected chi connectivity index (χ3v) is 2.17. The SMILES string of the molecule is O=Cc1c(B(O)O)ccc(Br)c1F. The monoisotopic (exact) mass is 246 g/mol. The van der Waals surface area contributed by atoms with E-state index in [1.165, 1.54) is 12.1 Å². The standard InChI is InChI=1S/C7H5BBrFO3/c9-6-2-1-5(8(12)13)4(3-11)7(6)10/h1-3,12-13H. The summed E-state index contributed by atoms with van der Waals surface area (Å²) in [5.41, 5.74) is -0.486. The van der Waals surface area contributed by atoms with Gasteiger partial charge in [0.05, 0.1) is 10.0 Å². The first-order chi connectivity index (χ1) is 6.07. The van der Waals surface area contributed by atoms with Crippen LogP contribution in [0, 0.1) is 5.82 Å². The molecule has 1 rings (SSSR count). The van der Waals surface area contributed by atoms with Gasteiger partial charge in [-0.3, -0.25) is 4.79 Å². The second-order valence-corrected chi connectivity index (χ2v) is 3.21. The van der Waals surface area contributed by atoms with Gasteiger partial charge in [0.25, 0.3) is 0 Å². The average Bonchev–Trinajstić information content (AvgIpc) is 2.09. The zero-order valence-electron chi connectivity index (χ0n) is 6.37. The zero-order valence-corrected chi connectivity index (χ0v) is 7.95. The van der Waals surface area contributed by atoms with Crippen molar-refractivity contribution in [2.45, 2.75) is 0 Å². The molecule has 0 aromatic heterocycles. The molecule has 0 aliphatic heterocycles. The molecule has 6 heteroatoms. The summed E-state index contributed by atoms with van der Waals surface area (Å²) in [6.45, 7) is 0. The second-order valence-electron chi connectivity index (χ2n) is 2.36. The number of halogens is 2. The van der Waals surface area contributed by atoms with Crippen molar-refractivity contribution in [1.82, 2.24) is 0 Å². The fourth-order valence-corrected chi connectivity index (χ4v) is 1.27. The van der Waals surface area contributed by atoms with Crippen LogP contribution < -0.4 is 5.46 Å². The van der Waals surface area contributed by atoms with Crippen molar-refractivity contribution in [3.05, 3.63) is 28.0 Å². The summed E-state index contributed by atoms with van der Waals surface area (Å²) in [5, 5.41) is 17.5. The molecule has 0 bridgehead atoms. The minimum absolute atomic E-state index is 0.110. The summed E-state index contributed by atoms with van der Waals surface area (Å²) < 4.78 is 13.2. The molecule has 0 atom stereocenters. The molecule has 13 heavy (non-hydrogen) atoms. The zero-order chi connectivity index (χ0) is 10.0. The van der Waals surface area contributed by atoms with Gasteiger partial charge in [-0.2, -0.15) is 0 Å². The van der Waals surface area contributed by atoms with Gasteiger partial charge in [0.15, 0.2) is 6.29 Å². The van der Waals surface area contributed by atoms with E-state index in [0.29, 0.717) is 0 Å². The highest BCUT2D eigenvalue weighted by atomic mass is 79.9. The summed E-state index contributed by atoms with van der Waals surface area (Å²) in [6.07, 6.45) is 0.245. The Balaban J connectivity index is 3.38. The van der Waals surface area contributed by atoms with Gasteiger partial charge in [-0.25, -0.2) is 4.39 Å². The highest BCUT2D eigenvalue weighted by molar-refractivity contribution is 9.10. The number of aldehydes is 1. The predicted octanol–water partition coefficient (Wildman–Crippen LogP) is 0.0805. The highest BCUT2D eigenvalue weighted by Crippen LogP contribution is 2.16. The van der Waals surface area contributed by atoms with Crippen LogP contribution in [0.15, 0.2) is 16.6 Å². The van der Waals surface area contributed by atoms with Crippen LogP contribution >= 0.6 is 15.9 Å². The maximum atomic E-state index is 13.1. The van der Waals surface area contributed by atoms with E-state index in [1.807, 2.05) is 0 Å². The predicted molar refractivity (Wildman–Crippen MR) is 49.3 cm³/mol. The Hall–Kier alpha value is -0.715. The van der Waals surface area contributed by atoms with Crippen LogP contribution in [0.25, 0.3) is 0 Å². The maximum absolute atomic E-state index is 13.1. The molecular formula is C7H5BBrFO3. The van der Waals surface area contributed by atoms with Crippen LogP contribution in [0.1, 0.15) is 10.4 Å². The fourth-order valence-electron chi connectivity index (χ4n) is 0.926. The largest absolute Gasteiger partial charge is 0.489 e. The number of benzene rings is 1. The third-order valence-electron chi connectivity index (χ3n) is 1.56. The van der Waals surface area contributed by atoms with E-state index in [2.05, 4.69) is 15.9 Å². The molecule has 0 unspecified atom stereocenters. The molecular weight excluding hydrogens is 242 g/mol. The topological polar surface area (TPSA) is 57.5 Å². The van der Waals surface area contributed by atoms with Crippen molar-refractivity contribution in [2.24, 2.45) is 0 Å². The Morgan fingerprint density at radius 1 is 1.46 bits per heavy atom. The van der Waals surface area contributed by atoms with Crippen molar-refractivity contribution in [3.8, 4) is 0 Å². The summed E-state index contributed by atoms with van der Waals surface area (Å²) in [5.74, 6) is -0.791. The normalized spacial score (nSPS) is 9.85. The lowest BCUT2D eigenvalue weighted by molar-refractivity contribution is 0.112. The van der Waals surface area contributed by atoms with Gasteiger partial charge in [0.2, 0.25) is 0 Å². The molecule has 0 aliphatic carbocycles. The maximum Gasteiger partial charge on any atom is 0.489 e. The van der Waals surface area contributed by atoms with E-state index < -0.39 is 12.9 Å². The van der Waals surface area contributed by atoms with Gasteiger partial charge in [-0.05, 0) is 27.5 Å². The molecule has 68 valence electrons. The van der Waals surface area contributed by atoms with Crippen LogP contribution in [0.2, 0.25) is 0 Å². The summed E-state index contributed by atoms with van der Waals surface area (Å²) in [7, 11) is -1.84. The second kappa shape index (κ2) is 4.00. The first-order valence-electron chi connectivity index (χ1n) is 3.37. The fraction of sp³-hybridized carbons (Fsp3) is 0. The van der Waals surface area contributed by atoms with E-state index in [4.69, 9.17) is 10.0 Å². The van der Waals surface area contributed by atoms with Crippen LogP contribution in [0.5, 0.6) is 0 Å². The van der Waals surface area contributed by atoms with E-state index in [9.17, 15) is 9.18 Å². The summed E-state index contributed by atoms with van der Waals surface area (Å²) in [6, 6.07) is 2.57. The number of hydrogen-bond donors (Lipinski definition) is 2. The Morgan fingerprint density at radius 3 is 2.54 bits per heavy atom. The smallest absolute Gasteiger partial charge is 0.423 e. The molecule has 2 N–H and O–H groups in total. The molecule has 0 saturated heterocycles. The van der Waals surface area contributed by atoms with Gasteiger partial charge in [-0.15, -0.1) is 0 Å². The summed E-state index contributed by atoms with van der Waals surface area (Å²) in [4.78, 5) is 10.4. The van der Waals surface area contributed by atoms with Crippen molar-refractivity contribution in [2.75, 3.05) is 0 Å². The number of rotatable bonds is 2. The Morgan fingerprint density at radius 2 is 2.08 bits per heavy atom. The molecule has 1 aromatic rings. The van der Waals surface area contributed by atoms with Crippen LogP contribution in [-0.2, 0) is 0 Å². The Labute approximate surface area is 82.5 Å². The van der Waals surface area contributed by atoms with E-state index in [-0.39, 0.29) is 21.8 Å². The first kappa shape index (κ1) is 10.4. The molecule has 0 spiro atoms. The number of carbonyl (C=O) groups excluding carboxylic acids is 1. The van der Waals surface area contributed by atoms with Crippen LogP contribution in [-0.4, -0.2) is 23.5 Å². The van der Waals surface area contributed by atoms with Gasteiger partial charge in [0.1, 0.15) is 5.82 Å². The van der Waals surface area contributed by atoms with Gasteiger partial charge in [-0.1, -0.05) is 6.07 Å². The van der Waals surface area contributed by atoms with Gasteiger partial charge < -0.3 is 10.0 Å². The van der Waals surface area contributed by atoms with E-state index >= 15 is 0 Å². The van der Waals surface area contributed by atoms with Crippen LogP contribution in [0.4, 0.5) is 4.39 Å². The Kier molecular flexibility index (Phi) is 3.19. The molecule has 1 aromatic carbocycles. The van der Waals surface area contributed by atoms with E-state index in [0.717, 1.165) is 0 Å². The van der Waals surface area contributed by atoms with Crippen molar-refractivity contribution >= 4 is 34.8 Å². The van der Waals surface area contributed by atoms with Crippen LogP contribution in [0.3, 0.4) is 0 Å². The van der Waals surface area contributed by atoms with Crippen molar-refractivity contribution in [1.29, 1.82) is 0 Å². The minimum Gasteiger partial charge on any atom is -0.423 e. The lowest BCUT2D eigenvalue weighted by atomic mass is 9.77. The molecule has 0 radical (unpaired) electrons. The molecule has 0 saturated carbocycles. The average molecular weight is 247 g/mol. The van der Waals surface area contributed by atoms with Gasteiger partial charge >= 0.3 is 7.12 Å². The van der Waals surface area contributed by atoms with E-state index in [1.54, 1.807) is 0 Å². The van der Waals surface area contributed by atoms with Crippen molar-refractivity contribution < 1.29 is 19.2 Å². The molecule has 0 aliphatic rings. The molecule has 0 fully saturated rings. The number of hydrogen-bond acceptors (Lipinski definition) is 3. The molecule has 0 amide bonds. The lowest BCUT2D eigenvalue weighted by Gasteiger charge is -2.05. The van der Waals surface area contributed by atoms with Gasteiger partial charge in [0, 0.05) is 0 Å². The first-order valence-corrected chi connectivity index (χ1v) is 4.16. The Bertz CT molecular complexity index is 343. The molecule has 0 heterocycles. The minimum atomic E-state index is -1.84. The van der Waals surface area contributed by atoms with Crippen molar-refractivity contribution in [3.63, 3.8) is 0 Å². The third kappa shape index (κ3) is 1.96. The summed E-state index contributed by atoms with van der Waals surface area (Å²) >= 11 is 2.87. The highest BCUT2D eigenvalue weighted by Gasteiger charge is 2.19. The number of carbonyl (C=O) groups is 1. The molecule has 3 nitrogen and oxygen atoms in total. The quantitative estimate of drug-likeness (QED) is 0.574. The lowest BCUT2D eigenvalue weighted by Crippen LogP contribution is -2.33.